The van der Waals surface area contributed by atoms with E-state index in [1.54, 1.807) is 0 Å². The monoisotopic (exact) mass is 193 g/mol. The summed E-state index contributed by atoms with van der Waals surface area (Å²) >= 11 is 0. The van der Waals surface area contributed by atoms with Gasteiger partial charge in [0.15, 0.2) is 0 Å². The molecule has 0 unspecified atom stereocenters. The van der Waals surface area contributed by atoms with Crippen LogP contribution in [-0.2, 0) is 0 Å². The van der Waals surface area contributed by atoms with Gasteiger partial charge in [-0.2, -0.15) is 0 Å². The second-order valence-electron chi connectivity index (χ2n) is 4.67. The highest BCUT2D eigenvalue weighted by Gasteiger charge is 2.05. The van der Waals surface area contributed by atoms with Gasteiger partial charge < -0.3 is 5.32 Å². The molecule has 0 spiro atoms. The van der Waals surface area contributed by atoms with Crippen molar-refractivity contribution in [2.45, 2.75) is 52.5 Å². The van der Waals surface area contributed by atoms with E-state index in [0.717, 1.165) is 5.92 Å². The Morgan fingerprint density at radius 2 is 2.07 bits per heavy atom. The fraction of sp³-hybridized carbons (Fsp3) is 0.692. The second kappa shape index (κ2) is 5.90. The summed E-state index contributed by atoms with van der Waals surface area (Å²) in [6, 6.07) is 0.587. The SMILES string of the molecule is CC(C)C[C@@H](C)NC1=CCCCC=C1. The number of allylic oxidation sites excluding steroid dienone is 3. The van der Waals surface area contributed by atoms with Gasteiger partial charge in [0.1, 0.15) is 0 Å². The fourth-order valence-corrected chi connectivity index (χ4v) is 1.93. The molecule has 0 bridgehead atoms. The highest BCUT2D eigenvalue weighted by Crippen LogP contribution is 2.11. The Labute approximate surface area is 88.3 Å². The second-order valence-corrected chi connectivity index (χ2v) is 4.67. The zero-order chi connectivity index (χ0) is 10.4. The van der Waals surface area contributed by atoms with Gasteiger partial charge in [-0.1, -0.05) is 26.0 Å². The van der Waals surface area contributed by atoms with Crippen molar-refractivity contribution >= 4 is 0 Å². The maximum Gasteiger partial charge on any atom is 0.0298 e. The first-order valence-electron chi connectivity index (χ1n) is 5.81. The molecule has 0 saturated carbocycles. The van der Waals surface area contributed by atoms with Crippen LogP contribution in [0.4, 0.5) is 0 Å². The van der Waals surface area contributed by atoms with Gasteiger partial charge >= 0.3 is 0 Å². The molecule has 0 fully saturated rings. The molecule has 0 aromatic heterocycles. The summed E-state index contributed by atoms with van der Waals surface area (Å²) in [6.07, 6.45) is 11.8. The van der Waals surface area contributed by atoms with Crippen molar-refractivity contribution in [3.05, 3.63) is 23.9 Å². The maximum absolute atomic E-state index is 3.56. The molecule has 1 atom stereocenters. The smallest absolute Gasteiger partial charge is 0.0298 e. The molecule has 1 aliphatic rings. The summed E-state index contributed by atoms with van der Waals surface area (Å²) in [5.41, 5.74) is 1.32. The van der Waals surface area contributed by atoms with Crippen LogP contribution in [0.1, 0.15) is 46.5 Å². The Morgan fingerprint density at radius 1 is 1.29 bits per heavy atom. The number of hydrogen-bond donors (Lipinski definition) is 1. The highest BCUT2D eigenvalue weighted by atomic mass is 14.9. The van der Waals surface area contributed by atoms with Gasteiger partial charge in [0, 0.05) is 11.7 Å². The highest BCUT2D eigenvalue weighted by molar-refractivity contribution is 5.18. The normalized spacial score (nSPS) is 19.0. The molecule has 0 aromatic rings. The molecule has 1 aliphatic carbocycles. The lowest BCUT2D eigenvalue weighted by Crippen LogP contribution is -2.26. The van der Waals surface area contributed by atoms with E-state index in [0.29, 0.717) is 6.04 Å². The summed E-state index contributed by atoms with van der Waals surface area (Å²) < 4.78 is 0. The van der Waals surface area contributed by atoms with E-state index in [-0.39, 0.29) is 0 Å². The third-order valence-corrected chi connectivity index (χ3v) is 2.47. The zero-order valence-corrected chi connectivity index (χ0v) is 9.72. The van der Waals surface area contributed by atoms with E-state index in [1.165, 1.54) is 31.4 Å². The van der Waals surface area contributed by atoms with Crippen molar-refractivity contribution in [2.24, 2.45) is 5.92 Å². The third-order valence-electron chi connectivity index (χ3n) is 2.47. The minimum atomic E-state index is 0.587. The molecule has 1 N–H and O–H groups in total. The van der Waals surface area contributed by atoms with Crippen molar-refractivity contribution in [1.29, 1.82) is 0 Å². The largest absolute Gasteiger partial charge is 0.383 e. The lowest BCUT2D eigenvalue weighted by atomic mass is 10.1. The summed E-state index contributed by atoms with van der Waals surface area (Å²) in [6.45, 7) is 6.81. The van der Waals surface area contributed by atoms with Gasteiger partial charge in [0.05, 0.1) is 0 Å². The van der Waals surface area contributed by atoms with E-state index in [1.807, 2.05) is 0 Å². The molecule has 1 nitrogen and oxygen atoms in total. The number of rotatable bonds is 4. The molecular weight excluding hydrogens is 170 g/mol. The van der Waals surface area contributed by atoms with Crippen LogP contribution in [0.5, 0.6) is 0 Å². The molecular formula is C13H23N. The van der Waals surface area contributed by atoms with Crippen LogP contribution in [0.15, 0.2) is 23.9 Å². The van der Waals surface area contributed by atoms with E-state index in [4.69, 9.17) is 0 Å². The lowest BCUT2D eigenvalue weighted by Gasteiger charge is -2.17. The molecule has 0 aliphatic heterocycles. The van der Waals surface area contributed by atoms with Crippen LogP contribution >= 0.6 is 0 Å². The minimum Gasteiger partial charge on any atom is -0.383 e. The molecule has 1 heteroatoms. The van der Waals surface area contributed by atoms with Crippen molar-refractivity contribution in [1.82, 2.24) is 5.32 Å². The van der Waals surface area contributed by atoms with Crippen LogP contribution < -0.4 is 5.32 Å². The Morgan fingerprint density at radius 3 is 2.79 bits per heavy atom. The topological polar surface area (TPSA) is 12.0 Å². The van der Waals surface area contributed by atoms with Gasteiger partial charge in [0.2, 0.25) is 0 Å². The van der Waals surface area contributed by atoms with E-state index in [9.17, 15) is 0 Å². The standard InChI is InChI=1S/C13H23N/c1-11(2)10-12(3)14-13-8-6-4-5-7-9-13/h6,8-9,11-12,14H,4-5,7,10H2,1-3H3/t12-/m1/s1. The first-order valence-corrected chi connectivity index (χ1v) is 5.81. The Hall–Kier alpha value is -0.720. The van der Waals surface area contributed by atoms with Crippen LogP contribution in [0, 0.1) is 5.92 Å². The predicted octanol–water partition coefficient (Wildman–Crippen LogP) is 3.63. The molecule has 0 heterocycles. The Balaban J connectivity index is 2.37. The number of hydrogen-bond acceptors (Lipinski definition) is 1. The first kappa shape index (κ1) is 11.4. The molecule has 0 saturated heterocycles. The van der Waals surface area contributed by atoms with E-state index < -0.39 is 0 Å². The van der Waals surface area contributed by atoms with Gasteiger partial charge in [-0.25, -0.2) is 0 Å². The maximum atomic E-state index is 3.56. The molecule has 0 aromatic carbocycles. The summed E-state index contributed by atoms with van der Waals surface area (Å²) in [7, 11) is 0. The predicted molar refractivity (Wildman–Crippen MR) is 63.1 cm³/mol. The molecule has 80 valence electrons. The number of nitrogens with one attached hydrogen (secondary N) is 1. The van der Waals surface area contributed by atoms with Crippen molar-refractivity contribution in [2.75, 3.05) is 0 Å². The van der Waals surface area contributed by atoms with Gasteiger partial charge in [-0.05, 0) is 44.6 Å². The fourth-order valence-electron chi connectivity index (χ4n) is 1.93. The summed E-state index contributed by atoms with van der Waals surface area (Å²) in [4.78, 5) is 0. The van der Waals surface area contributed by atoms with Crippen molar-refractivity contribution < 1.29 is 0 Å². The molecule has 14 heavy (non-hydrogen) atoms. The molecule has 0 radical (unpaired) electrons. The van der Waals surface area contributed by atoms with Gasteiger partial charge in [-0.15, -0.1) is 0 Å². The summed E-state index contributed by atoms with van der Waals surface area (Å²) in [5.74, 6) is 0.771. The van der Waals surface area contributed by atoms with Crippen LogP contribution in [-0.4, -0.2) is 6.04 Å². The van der Waals surface area contributed by atoms with Crippen LogP contribution in [0.25, 0.3) is 0 Å². The zero-order valence-electron chi connectivity index (χ0n) is 9.72. The minimum absolute atomic E-state index is 0.587. The van der Waals surface area contributed by atoms with Crippen molar-refractivity contribution in [3.63, 3.8) is 0 Å². The van der Waals surface area contributed by atoms with Gasteiger partial charge in [0.25, 0.3) is 0 Å². The summed E-state index contributed by atoms with van der Waals surface area (Å²) in [5, 5.41) is 3.56. The lowest BCUT2D eigenvalue weighted by molar-refractivity contribution is 0.474. The van der Waals surface area contributed by atoms with Gasteiger partial charge in [-0.3, -0.25) is 0 Å². The molecule has 0 amide bonds. The quantitative estimate of drug-likeness (QED) is 0.719. The Kier molecular flexibility index (Phi) is 4.78. The Bertz CT molecular complexity index is 213. The average molecular weight is 193 g/mol. The van der Waals surface area contributed by atoms with Crippen molar-refractivity contribution in [3.8, 4) is 0 Å². The first-order chi connectivity index (χ1) is 6.68. The van der Waals surface area contributed by atoms with E-state index in [2.05, 4.69) is 44.3 Å². The average Bonchev–Trinajstić information content (AvgIpc) is 2.31. The van der Waals surface area contributed by atoms with Crippen LogP contribution in [0.3, 0.4) is 0 Å². The van der Waals surface area contributed by atoms with E-state index >= 15 is 0 Å². The molecule has 1 rings (SSSR count). The van der Waals surface area contributed by atoms with Crippen LogP contribution in [0.2, 0.25) is 0 Å². The third kappa shape index (κ3) is 4.50.